The highest BCUT2D eigenvalue weighted by Gasteiger charge is 2.48. The van der Waals surface area contributed by atoms with Crippen LogP contribution in [0.3, 0.4) is 0 Å². The normalized spacial score (nSPS) is 23.7. The molecule has 29 heavy (non-hydrogen) atoms. The molecule has 2 aliphatic rings. The molecule has 0 radical (unpaired) electrons. The van der Waals surface area contributed by atoms with E-state index >= 15 is 0 Å². The van der Waals surface area contributed by atoms with E-state index in [1.54, 1.807) is 0 Å². The Kier molecular flexibility index (Phi) is 5.31. The number of amides is 4. The molecule has 2 aromatic rings. The van der Waals surface area contributed by atoms with Crippen LogP contribution in [0.4, 0.5) is 9.93 Å². The summed E-state index contributed by atoms with van der Waals surface area (Å²) in [5, 5.41) is 9.21. The summed E-state index contributed by atoms with van der Waals surface area (Å²) < 4.78 is 0. The Morgan fingerprint density at radius 2 is 2.03 bits per heavy atom. The van der Waals surface area contributed by atoms with Gasteiger partial charge in [0.05, 0.1) is 5.69 Å². The third-order valence-corrected chi connectivity index (χ3v) is 7.10. The first-order valence-electron chi connectivity index (χ1n) is 9.50. The van der Waals surface area contributed by atoms with Crippen molar-refractivity contribution < 1.29 is 14.4 Å². The van der Waals surface area contributed by atoms with Crippen molar-refractivity contribution in [2.75, 3.05) is 5.32 Å². The first-order valence-corrected chi connectivity index (χ1v) is 10.7. The lowest BCUT2D eigenvalue weighted by Crippen LogP contribution is -2.50. The highest BCUT2D eigenvalue weighted by atomic mass is 35.5. The number of nitrogens with zero attached hydrogens (tertiary/aromatic N) is 1. The van der Waals surface area contributed by atoms with Gasteiger partial charge in [0.25, 0.3) is 5.91 Å². The van der Waals surface area contributed by atoms with Crippen LogP contribution >= 0.6 is 22.9 Å². The van der Waals surface area contributed by atoms with E-state index in [1.807, 2.05) is 31.2 Å². The van der Waals surface area contributed by atoms with Crippen LogP contribution in [-0.2, 0) is 16.0 Å². The van der Waals surface area contributed by atoms with E-state index in [2.05, 4.69) is 20.9 Å². The Bertz CT molecular complexity index is 982. The van der Waals surface area contributed by atoms with Gasteiger partial charge in [-0.3, -0.25) is 14.9 Å². The van der Waals surface area contributed by atoms with Gasteiger partial charge in [-0.1, -0.05) is 29.8 Å². The van der Waals surface area contributed by atoms with Crippen molar-refractivity contribution in [3.63, 3.8) is 0 Å². The van der Waals surface area contributed by atoms with E-state index in [9.17, 15) is 14.4 Å². The maximum absolute atomic E-state index is 12.7. The van der Waals surface area contributed by atoms with Crippen LogP contribution in [0.5, 0.6) is 0 Å². The quantitative estimate of drug-likeness (QED) is 0.644. The molecular weight excluding hydrogens is 412 g/mol. The van der Waals surface area contributed by atoms with E-state index in [0.717, 1.165) is 16.1 Å². The Labute approximate surface area is 177 Å². The lowest BCUT2D eigenvalue weighted by atomic mass is 9.76. The number of aromatic nitrogens is 1. The van der Waals surface area contributed by atoms with Crippen molar-refractivity contribution >= 4 is 45.9 Å². The fourth-order valence-electron chi connectivity index (χ4n) is 3.92. The number of carbonyl (C=O) groups excluding carboxylic acids is 3. The Morgan fingerprint density at radius 1 is 1.31 bits per heavy atom. The number of halogens is 1. The van der Waals surface area contributed by atoms with Crippen LogP contribution in [0, 0.1) is 12.8 Å². The lowest BCUT2D eigenvalue weighted by molar-refractivity contribution is -0.128. The number of rotatable bonds is 4. The maximum atomic E-state index is 12.7. The summed E-state index contributed by atoms with van der Waals surface area (Å²) in [4.78, 5) is 41.7. The molecule has 0 unspecified atom stereocenters. The highest BCUT2D eigenvalue weighted by Crippen LogP contribution is 2.35. The Balaban J connectivity index is 1.38. The predicted molar refractivity (Wildman–Crippen MR) is 111 cm³/mol. The first kappa shape index (κ1) is 19.8. The number of nitrogens with one attached hydrogen (secondary N) is 3. The Hall–Kier alpha value is -2.45. The number of hydrogen-bond acceptors (Lipinski definition) is 5. The van der Waals surface area contributed by atoms with Gasteiger partial charge in [0.1, 0.15) is 5.54 Å². The van der Waals surface area contributed by atoms with E-state index in [-0.39, 0.29) is 17.7 Å². The standard InChI is InChI=1S/C20H21ClN4O3S/c1-11-15(10-13-4-2-3-5-14(13)21)29-19(22-11)23-16(26)12-6-8-20(9-7-12)17(27)24-18(28)25-20/h2-5,12H,6-10H2,1H3,(H,22,23,26)(H2,24,25,27,28). The van der Waals surface area contributed by atoms with Gasteiger partial charge < -0.3 is 10.6 Å². The highest BCUT2D eigenvalue weighted by molar-refractivity contribution is 7.15. The van der Waals surface area contributed by atoms with E-state index in [0.29, 0.717) is 42.3 Å². The van der Waals surface area contributed by atoms with Crippen LogP contribution in [-0.4, -0.2) is 28.4 Å². The maximum Gasteiger partial charge on any atom is 0.322 e. The number of anilines is 1. The first-order chi connectivity index (χ1) is 13.9. The fourth-order valence-corrected chi connectivity index (χ4v) is 5.11. The predicted octanol–water partition coefficient (Wildman–Crippen LogP) is 3.40. The van der Waals surface area contributed by atoms with Gasteiger partial charge in [-0.15, -0.1) is 11.3 Å². The van der Waals surface area contributed by atoms with Gasteiger partial charge >= 0.3 is 6.03 Å². The largest absolute Gasteiger partial charge is 0.323 e. The van der Waals surface area contributed by atoms with Crippen LogP contribution in [0.1, 0.15) is 41.8 Å². The number of imide groups is 1. The van der Waals surface area contributed by atoms with E-state index in [1.165, 1.54) is 11.3 Å². The number of carbonyl (C=O) groups is 3. The number of thiazole rings is 1. The SMILES string of the molecule is Cc1nc(NC(=O)C2CCC3(CC2)NC(=O)NC3=O)sc1Cc1ccccc1Cl. The molecule has 1 spiro atoms. The van der Waals surface area contributed by atoms with E-state index < -0.39 is 11.6 Å². The molecule has 3 N–H and O–H groups in total. The molecule has 0 bridgehead atoms. The zero-order valence-electron chi connectivity index (χ0n) is 15.9. The van der Waals surface area contributed by atoms with Crippen molar-refractivity contribution in [3.8, 4) is 0 Å². The fraction of sp³-hybridized carbons (Fsp3) is 0.400. The second-order valence-corrected chi connectivity index (χ2v) is 9.04. The van der Waals surface area contributed by atoms with Gasteiger partial charge in [0, 0.05) is 22.2 Å². The van der Waals surface area contributed by atoms with Gasteiger partial charge in [-0.05, 0) is 44.2 Å². The average molecular weight is 433 g/mol. The summed E-state index contributed by atoms with van der Waals surface area (Å²) in [5.74, 6) is -0.592. The second-order valence-electron chi connectivity index (χ2n) is 7.55. The molecule has 4 rings (SSSR count). The molecule has 152 valence electrons. The molecule has 2 fully saturated rings. The third-order valence-electron chi connectivity index (χ3n) is 5.66. The molecule has 1 saturated heterocycles. The third kappa shape index (κ3) is 4.00. The minimum absolute atomic E-state index is 0.0948. The Morgan fingerprint density at radius 3 is 2.69 bits per heavy atom. The summed E-state index contributed by atoms with van der Waals surface area (Å²) >= 11 is 7.70. The topological polar surface area (TPSA) is 100 Å². The summed E-state index contributed by atoms with van der Waals surface area (Å²) in [6.07, 6.45) is 2.65. The smallest absolute Gasteiger partial charge is 0.322 e. The summed E-state index contributed by atoms with van der Waals surface area (Å²) in [6, 6.07) is 7.23. The molecule has 1 saturated carbocycles. The van der Waals surface area contributed by atoms with Gasteiger partial charge in [-0.25, -0.2) is 9.78 Å². The van der Waals surface area contributed by atoms with Crippen molar-refractivity contribution in [1.29, 1.82) is 0 Å². The van der Waals surface area contributed by atoms with E-state index in [4.69, 9.17) is 11.6 Å². The molecule has 1 aliphatic carbocycles. The number of urea groups is 1. The molecular formula is C20H21ClN4O3S. The minimum Gasteiger partial charge on any atom is -0.323 e. The zero-order valence-corrected chi connectivity index (χ0v) is 17.5. The van der Waals surface area contributed by atoms with Crippen LogP contribution in [0.15, 0.2) is 24.3 Å². The number of hydrogen-bond donors (Lipinski definition) is 3. The van der Waals surface area contributed by atoms with Crippen LogP contribution in [0.25, 0.3) is 0 Å². The summed E-state index contributed by atoms with van der Waals surface area (Å²) in [6.45, 7) is 1.92. The van der Waals surface area contributed by atoms with Crippen molar-refractivity contribution in [1.82, 2.24) is 15.6 Å². The zero-order chi connectivity index (χ0) is 20.6. The molecule has 2 heterocycles. The second kappa shape index (κ2) is 7.76. The van der Waals surface area contributed by atoms with Gasteiger partial charge in [0.2, 0.25) is 5.91 Å². The van der Waals surface area contributed by atoms with Crippen LogP contribution < -0.4 is 16.0 Å². The number of benzene rings is 1. The van der Waals surface area contributed by atoms with Gasteiger partial charge in [0.15, 0.2) is 5.13 Å². The molecule has 9 heteroatoms. The summed E-state index contributed by atoms with van der Waals surface area (Å²) in [5.41, 5.74) is 1.04. The molecule has 1 aromatic heterocycles. The molecule has 1 aromatic carbocycles. The average Bonchev–Trinajstić information content (AvgIpc) is 3.16. The van der Waals surface area contributed by atoms with Crippen molar-refractivity contribution in [2.24, 2.45) is 5.92 Å². The van der Waals surface area contributed by atoms with Crippen LogP contribution in [0.2, 0.25) is 5.02 Å². The molecule has 7 nitrogen and oxygen atoms in total. The molecule has 1 aliphatic heterocycles. The minimum atomic E-state index is -0.853. The van der Waals surface area contributed by atoms with Crippen molar-refractivity contribution in [2.45, 2.75) is 44.6 Å². The van der Waals surface area contributed by atoms with Gasteiger partial charge in [-0.2, -0.15) is 0 Å². The molecule has 4 amide bonds. The van der Waals surface area contributed by atoms with Crippen molar-refractivity contribution in [3.05, 3.63) is 45.4 Å². The lowest BCUT2D eigenvalue weighted by Gasteiger charge is -2.33. The number of aryl methyl sites for hydroxylation is 1. The monoisotopic (exact) mass is 432 g/mol. The molecule has 0 atom stereocenters. The summed E-state index contributed by atoms with van der Waals surface area (Å²) in [7, 11) is 0.